The second kappa shape index (κ2) is 8.76. The fourth-order valence-corrected chi connectivity index (χ4v) is 3.42. The Labute approximate surface area is 160 Å². The largest absolute Gasteiger partial charge is 0.494 e. The van der Waals surface area contributed by atoms with E-state index in [4.69, 9.17) is 9.47 Å². The third-order valence-electron chi connectivity index (χ3n) is 4.65. The minimum atomic E-state index is -0.165. The van der Waals surface area contributed by atoms with Crippen molar-refractivity contribution in [2.45, 2.75) is 40.2 Å². The Balaban J connectivity index is 1.73. The maximum Gasteiger partial charge on any atom is 0.305 e. The summed E-state index contributed by atoms with van der Waals surface area (Å²) in [6.45, 7) is 7.87. The van der Waals surface area contributed by atoms with Crippen molar-refractivity contribution in [3.8, 4) is 5.75 Å². The van der Waals surface area contributed by atoms with Crippen LogP contribution in [0.5, 0.6) is 5.75 Å². The van der Waals surface area contributed by atoms with Gasteiger partial charge in [0.2, 0.25) is 0 Å². The van der Waals surface area contributed by atoms with E-state index in [0.29, 0.717) is 26.1 Å². The highest BCUT2D eigenvalue weighted by Gasteiger charge is 2.11. The molecule has 0 spiro atoms. The zero-order valence-electron chi connectivity index (χ0n) is 16.3. The van der Waals surface area contributed by atoms with Gasteiger partial charge in [0.25, 0.3) is 0 Å². The van der Waals surface area contributed by atoms with Crippen LogP contribution in [0, 0.1) is 13.8 Å². The maximum absolute atomic E-state index is 11.4. The number of aryl methyl sites for hydroxylation is 2. The van der Waals surface area contributed by atoms with Gasteiger partial charge in [0, 0.05) is 24.0 Å². The average Bonchev–Trinajstić information content (AvgIpc) is 2.96. The SMILES string of the molecule is CCOC(=O)CCCOc1cc(C)c2c(c1)cc(C)n2Cc1ccccc1. The van der Waals surface area contributed by atoms with E-state index < -0.39 is 0 Å². The van der Waals surface area contributed by atoms with Crippen LogP contribution in [-0.4, -0.2) is 23.8 Å². The predicted molar refractivity (Wildman–Crippen MR) is 108 cm³/mol. The van der Waals surface area contributed by atoms with Crippen LogP contribution in [-0.2, 0) is 16.1 Å². The molecular weight excluding hydrogens is 338 g/mol. The van der Waals surface area contributed by atoms with Gasteiger partial charge in [-0.3, -0.25) is 4.79 Å². The van der Waals surface area contributed by atoms with Crippen molar-refractivity contribution < 1.29 is 14.3 Å². The van der Waals surface area contributed by atoms with Gasteiger partial charge in [-0.05, 0) is 56.5 Å². The number of nitrogens with zero attached hydrogens (tertiary/aromatic N) is 1. The smallest absolute Gasteiger partial charge is 0.305 e. The summed E-state index contributed by atoms with van der Waals surface area (Å²) in [6.07, 6.45) is 1.05. The summed E-state index contributed by atoms with van der Waals surface area (Å²) >= 11 is 0. The first-order valence-corrected chi connectivity index (χ1v) is 9.51. The number of hydrogen-bond acceptors (Lipinski definition) is 3. The second-order valence-corrected chi connectivity index (χ2v) is 6.79. The molecule has 1 heterocycles. The monoisotopic (exact) mass is 365 g/mol. The fourth-order valence-electron chi connectivity index (χ4n) is 3.42. The molecule has 0 saturated heterocycles. The van der Waals surface area contributed by atoms with Crippen LogP contribution in [0.25, 0.3) is 10.9 Å². The molecular formula is C23H27NO3. The predicted octanol–water partition coefficient (Wildman–Crippen LogP) is 5.03. The number of rotatable bonds is 8. The Morgan fingerprint density at radius 2 is 1.85 bits per heavy atom. The van der Waals surface area contributed by atoms with Crippen molar-refractivity contribution in [3.63, 3.8) is 0 Å². The van der Waals surface area contributed by atoms with Crippen LogP contribution in [0.1, 0.15) is 36.6 Å². The molecule has 4 heteroatoms. The van der Waals surface area contributed by atoms with Crippen molar-refractivity contribution in [2.24, 2.45) is 0 Å². The van der Waals surface area contributed by atoms with Crippen molar-refractivity contribution in [1.82, 2.24) is 4.57 Å². The van der Waals surface area contributed by atoms with E-state index in [1.165, 1.54) is 27.7 Å². The lowest BCUT2D eigenvalue weighted by Crippen LogP contribution is -2.07. The highest BCUT2D eigenvalue weighted by Crippen LogP contribution is 2.29. The van der Waals surface area contributed by atoms with Gasteiger partial charge < -0.3 is 14.0 Å². The molecule has 3 rings (SSSR count). The minimum absolute atomic E-state index is 0.165. The summed E-state index contributed by atoms with van der Waals surface area (Å²) in [4.78, 5) is 11.4. The first-order chi connectivity index (χ1) is 13.1. The third-order valence-corrected chi connectivity index (χ3v) is 4.65. The van der Waals surface area contributed by atoms with Crippen molar-refractivity contribution in [1.29, 1.82) is 0 Å². The first kappa shape index (κ1) is 19.0. The summed E-state index contributed by atoms with van der Waals surface area (Å²) in [7, 11) is 0. The number of hydrogen-bond donors (Lipinski definition) is 0. The lowest BCUT2D eigenvalue weighted by Gasteiger charge is -2.12. The van der Waals surface area contributed by atoms with Crippen LogP contribution < -0.4 is 4.74 Å². The molecule has 0 N–H and O–H groups in total. The highest BCUT2D eigenvalue weighted by atomic mass is 16.5. The molecule has 0 unspecified atom stereocenters. The number of carbonyl (C=O) groups excluding carboxylic acids is 1. The molecule has 0 aliphatic heterocycles. The quantitative estimate of drug-likeness (QED) is 0.415. The summed E-state index contributed by atoms with van der Waals surface area (Å²) < 4.78 is 13.2. The van der Waals surface area contributed by atoms with Crippen molar-refractivity contribution >= 4 is 16.9 Å². The summed E-state index contributed by atoms with van der Waals surface area (Å²) in [5, 5.41) is 1.18. The molecule has 0 radical (unpaired) electrons. The molecule has 0 bridgehead atoms. The number of esters is 1. The lowest BCUT2D eigenvalue weighted by molar-refractivity contribution is -0.143. The Kier molecular flexibility index (Phi) is 6.17. The van der Waals surface area contributed by atoms with Gasteiger partial charge in [-0.15, -0.1) is 0 Å². The molecule has 142 valence electrons. The van der Waals surface area contributed by atoms with E-state index in [-0.39, 0.29) is 5.97 Å². The average molecular weight is 365 g/mol. The summed E-state index contributed by atoms with van der Waals surface area (Å²) in [6, 6.07) is 16.9. The summed E-state index contributed by atoms with van der Waals surface area (Å²) in [5.74, 6) is 0.682. The molecule has 0 saturated carbocycles. The molecule has 0 fully saturated rings. The fraction of sp³-hybridized carbons (Fsp3) is 0.348. The molecule has 2 aromatic carbocycles. The van der Waals surface area contributed by atoms with E-state index in [9.17, 15) is 4.79 Å². The van der Waals surface area contributed by atoms with Gasteiger partial charge >= 0.3 is 5.97 Å². The first-order valence-electron chi connectivity index (χ1n) is 9.51. The van der Waals surface area contributed by atoms with Crippen LogP contribution in [0.15, 0.2) is 48.5 Å². The van der Waals surface area contributed by atoms with Crippen LogP contribution >= 0.6 is 0 Å². The number of carbonyl (C=O) groups is 1. The van der Waals surface area contributed by atoms with Crippen molar-refractivity contribution in [3.05, 3.63) is 65.4 Å². The Hall–Kier alpha value is -2.75. The topological polar surface area (TPSA) is 40.5 Å². The molecule has 3 aromatic rings. The van der Waals surface area contributed by atoms with Gasteiger partial charge in [-0.2, -0.15) is 0 Å². The van der Waals surface area contributed by atoms with E-state index in [1.807, 2.05) is 13.0 Å². The van der Waals surface area contributed by atoms with E-state index >= 15 is 0 Å². The molecule has 27 heavy (non-hydrogen) atoms. The maximum atomic E-state index is 11.4. The van der Waals surface area contributed by atoms with Gasteiger partial charge in [-0.25, -0.2) is 0 Å². The molecule has 0 amide bonds. The Bertz CT molecular complexity index is 912. The zero-order valence-corrected chi connectivity index (χ0v) is 16.3. The minimum Gasteiger partial charge on any atom is -0.494 e. The van der Waals surface area contributed by atoms with Gasteiger partial charge in [-0.1, -0.05) is 30.3 Å². The molecule has 4 nitrogen and oxygen atoms in total. The number of fused-ring (bicyclic) bond motifs is 1. The Morgan fingerprint density at radius 3 is 2.59 bits per heavy atom. The van der Waals surface area contributed by atoms with Crippen LogP contribution in [0.3, 0.4) is 0 Å². The van der Waals surface area contributed by atoms with E-state index in [1.54, 1.807) is 0 Å². The Morgan fingerprint density at radius 1 is 1.07 bits per heavy atom. The highest BCUT2D eigenvalue weighted by molar-refractivity contribution is 5.86. The van der Waals surface area contributed by atoms with Crippen molar-refractivity contribution in [2.75, 3.05) is 13.2 Å². The standard InChI is InChI=1S/C23H27NO3/c1-4-26-22(25)11-8-12-27-21-13-17(2)23-20(15-21)14-18(3)24(23)16-19-9-6-5-7-10-19/h5-7,9-10,13-15H,4,8,11-12,16H2,1-3H3. The summed E-state index contributed by atoms with van der Waals surface area (Å²) in [5.41, 5.74) is 4.96. The van der Waals surface area contributed by atoms with Gasteiger partial charge in [0.05, 0.1) is 18.7 Å². The van der Waals surface area contributed by atoms with Gasteiger partial charge in [0.15, 0.2) is 0 Å². The lowest BCUT2D eigenvalue weighted by atomic mass is 10.1. The van der Waals surface area contributed by atoms with E-state index in [2.05, 4.69) is 60.9 Å². The third kappa shape index (κ3) is 4.70. The van der Waals surface area contributed by atoms with Gasteiger partial charge in [0.1, 0.15) is 5.75 Å². The van der Waals surface area contributed by atoms with Crippen LogP contribution in [0.4, 0.5) is 0 Å². The molecule has 0 atom stereocenters. The molecule has 1 aromatic heterocycles. The van der Waals surface area contributed by atoms with E-state index in [0.717, 1.165) is 12.3 Å². The second-order valence-electron chi connectivity index (χ2n) is 6.79. The normalized spacial score (nSPS) is 10.9. The number of aromatic nitrogens is 1. The number of benzene rings is 2. The zero-order chi connectivity index (χ0) is 19.2. The van der Waals surface area contributed by atoms with Crippen LogP contribution in [0.2, 0.25) is 0 Å². The molecule has 0 aliphatic rings. The number of ether oxygens (including phenoxy) is 2. The molecule has 0 aliphatic carbocycles.